The van der Waals surface area contributed by atoms with Gasteiger partial charge in [0, 0.05) is 72.4 Å². The molecule has 1 atom stereocenters. The average molecular weight is 546 g/mol. The molecule has 1 unspecified atom stereocenters. The number of halogens is 1. The van der Waals surface area contributed by atoms with Gasteiger partial charge in [0.15, 0.2) is 5.96 Å². The average Bonchev–Trinajstić information content (AvgIpc) is 3.23. The molecule has 3 rings (SSSR count). The van der Waals surface area contributed by atoms with Gasteiger partial charge in [-0.3, -0.25) is 9.89 Å². The number of likely N-dealkylation sites (N-methyl/N-ethyl adjacent to an activating group) is 1. The molecule has 0 radical (unpaired) electrons. The SMILES string of the molecule is CN=C(NCc1ccc(CN2CCN(C)CC2)cc1)N1CCC(COCCOC)C1.I. The molecule has 31 heavy (non-hydrogen) atoms. The first-order valence-corrected chi connectivity index (χ1v) is 11.2. The molecule has 2 aliphatic rings. The van der Waals surface area contributed by atoms with Crippen LogP contribution in [0.15, 0.2) is 29.3 Å². The summed E-state index contributed by atoms with van der Waals surface area (Å²) in [4.78, 5) is 11.8. The van der Waals surface area contributed by atoms with Gasteiger partial charge in [0.1, 0.15) is 0 Å². The Kier molecular flexibility index (Phi) is 12.1. The molecule has 2 fully saturated rings. The normalized spacial score (nSPS) is 20.7. The molecule has 0 saturated carbocycles. The molecule has 7 nitrogen and oxygen atoms in total. The summed E-state index contributed by atoms with van der Waals surface area (Å²) < 4.78 is 10.7. The second-order valence-electron chi connectivity index (χ2n) is 8.47. The highest BCUT2D eigenvalue weighted by Crippen LogP contribution is 2.17. The Hall–Kier alpha value is -0.940. The second kappa shape index (κ2) is 14.3. The number of hydrogen-bond acceptors (Lipinski definition) is 5. The van der Waals surface area contributed by atoms with Gasteiger partial charge < -0.3 is 24.6 Å². The van der Waals surface area contributed by atoms with E-state index in [2.05, 4.69) is 56.3 Å². The molecule has 0 bridgehead atoms. The zero-order chi connectivity index (χ0) is 21.2. The van der Waals surface area contributed by atoms with E-state index in [4.69, 9.17) is 9.47 Å². The quantitative estimate of drug-likeness (QED) is 0.222. The highest BCUT2D eigenvalue weighted by atomic mass is 127. The molecule has 0 aliphatic carbocycles. The van der Waals surface area contributed by atoms with E-state index in [1.54, 1.807) is 7.11 Å². The number of benzene rings is 1. The topological polar surface area (TPSA) is 52.6 Å². The Morgan fingerprint density at radius 2 is 1.77 bits per heavy atom. The smallest absolute Gasteiger partial charge is 0.193 e. The van der Waals surface area contributed by atoms with Gasteiger partial charge >= 0.3 is 0 Å². The summed E-state index contributed by atoms with van der Waals surface area (Å²) in [5.74, 6) is 1.55. The van der Waals surface area contributed by atoms with E-state index in [1.807, 2.05) is 7.05 Å². The molecule has 0 amide bonds. The molecule has 2 aliphatic heterocycles. The number of guanidine groups is 1. The third-order valence-electron chi connectivity index (χ3n) is 6.06. The molecule has 1 aromatic carbocycles. The molecule has 2 saturated heterocycles. The Labute approximate surface area is 205 Å². The Morgan fingerprint density at radius 3 is 2.45 bits per heavy atom. The molecular formula is C23H40IN5O2. The van der Waals surface area contributed by atoms with E-state index in [1.165, 1.54) is 11.1 Å². The molecule has 0 spiro atoms. The van der Waals surface area contributed by atoms with Crippen LogP contribution in [0.25, 0.3) is 0 Å². The summed E-state index contributed by atoms with van der Waals surface area (Å²) in [7, 11) is 5.77. The summed E-state index contributed by atoms with van der Waals surface area (Å²) in [5, 5.41) is 3.53. The highest BCUT2D eigenvalue weighted by Gasteiger charge is 2.24. The van der Waals surface area contributed by atoms with Gasteiger partial charge in [-0.1, -0.05) is 24.3 Å². The summed E-state index contributed by atoms with van der Waals surface area (Å²) in [6, 6.07) is 9.01. The molecule has 2 heterocycles. The summed E-state index contributed by atoms with van der Waals surface area (Å²) in [6.07, 6.45) is 1.15. The molecule has 0 aromatic heterocycles. The third-order valence-corrected chi connectivity index (χ3v) is 6.06. The second-order valence-corrected chi connectivity index (χ2v) is 8.47. The Morgan fingerprint density at radius 1 is 1.06 bits per heavy atom. The van der Waals surface area contributed by atoms with E-state index in [0.717, 1.165) is 71.3 Å². The summed E-state index contributed by atoms with van der Waals surface area (Å²) in [5.41, 5.74) is 2.68. The van der Waals surface area contributed by atoms with E-state index in [-0.39, 0.29) is 24.0 Å². The number of nitrogens with one attached hydrogen (secondary N) is 1. The predicted octanol–water partition coefficient (Wildman–Crippen LogP) is 2.11. The lowest BCUT2D eigenvalue weighted by Crippen LogP contribution is -2.43. The number of nitrogens with zero attached hydrogens (tertiary/aromatic N) is 4. The van der Waals surface area contributed by atoms with Crippen LogP contribution in [0, 0.1) is 5.92 Å². The van der Waals surface area contributed by atoms with Crippen molar-refractivity contribution in [1.29, 1.82) is 0 Å². The van der Waals surface area contributed by atoms with Crippen molar-refractivity contribution >= 4 is 29.9 Å². The molecule has 1 aromatic rings. The van der Waals surface area contributed by atoms with Crippen LogP contribution in [-0.4, -0.2) is 101 Å². The van der Waals surface area contributed by atoms with Crippen LogP contribution in [0.3, 0.4) is 0 Å². The maximum Gasteiger partial charge on any atom is 0.193 e. The highest BCUT2D eigenvalue weighted by molar-refractivity contribution is 14.0. The summed E-state index contributed by atoms with van der Waals surface area (Å²) >= 11 is 0. The first-order chi connectivity index (χ1) is 14.7. The standard InChI is InChI=1S/C23H39N5O2.HI/c1-24-23(28-9-8-22(18-28)19-30-15-14-29-3)25-16-20-4-6-21(7-5-20)17-27-12-10-26(2)11-13-27;/h4-7,22H,8-19H2,1-3H3,(H,24,25);1H. The zero-order valence-electron chi connectivity index (χ0n) is 19.4. The zero-order valence-corrected chi connectivity index (χ0v) is 21.7. The number of rotatable bonds is 9. The first kappa shape index (κ1) is 26.3. The van der Waals surface area contributed by atoms with Gasteiger partial charge in [0.05, 0.1) is 19.8 Å². The monoisotopic (exact) mass is 545 g/mol. The third kappa shape index (κ3) is 8.84. The Bertz CT molecular complexity index is 650. The van der Waals surface area contributed by atoms with Crippen LogP contribution in [0.1, 0.15) is 17.5 Å². The van der Waals surface area contributed by atoms with Crippen molar-refractivity contribution in [2.24, 2.45) is 10.9 Å². The van der Waals surface area contributed by atoms with Gasteiger partial charge in [-0.05, 0) is 24.6 Å². The molecule has 8 heteroatoms. The van der Waals surface area contributed by atoms with Gasteiger partial charge in [-0.25, -0.2) is 0 Å². The molecule has 176 valence electrons. The minimum absolute atomic E-state index is 0. The van der Waals surface area contributed by atoms with Crippen LogP contribution in [0.5, 0.6) is 0 Å². The number of ether oxygens (including phenoxy) is 2. The number of aliphatic imine (C=N–C) groups is 1. The van der Waals surface area contributed by atoms with Crippen LogP contribution >= 0.6 is 24.0 Å². The fourth-order valence-corrected chi connectivity index (χ4v) is 4.09. The number of hydrogen-bond donors (Lipinski definition) is 1. The molecular weight excluding hydrogens is 505 g/mol. The van der Waals surface area contributed by atoms with Crippen molar-refractivity contribution in [2.45, 2.75) is 19.5 Å². The van der Waals surface area contributed by atoms with Crippen LogP contribution < -0.4 is 5.32 Å². The minimum Gasteiger partial charge on any atom is -0.382 e. The van der Waals surface area contributed by atoms with Crippen LogP contribution in [-0.2, 0) is 22.6 Å². The lowest BCUT2D eigenvalue weighted by atomic mass is 10.1. The maximum absolute atomic E-state index is 5.70. The largest absolute Gasteiger partial charge is 0.382 e. The van der Waals surface area contributed by atoms with Gasteiger partial charge in [0.25, 0.3) is 0 Å². The lowest BCUT2D eigenvalue weighted by Gasteiger charge is -2.32. The lowest BCUT2D eigenvalue weighted by molar-refractivity contribution is 0.0536. The van der Waals surface area contributed by atoms with Gasteiger partial charge in [0.2, 0.25) is 0 Å². The van der Waals surface area contributed by atoms with Gasteiger partial charge in [-0.15, -0.1) is 24.0 Å². The fraction of sp³-hybridized carbons (Fsp3) is 0.696. The van der Waals surface area contributed by atoms with Crippen LogP contribution in [0.2, 0.25) is 0 Å². The number of likely N-dealkylation sites (tertiary alicyclic amines) is 1. The van der Waals surface area contributed by atoms with Crippen molar-refractivity contribution < 1.29 is 9.47 Å². The van der Waals surface area contributed by atoms with Crippen molar-refractivity contribution in [3.63, 3.8) is 0 Å². The van der Waals surface area contributed by atoms with Crippen molar-refractivity contribution in [2.75, 3.05) is 80.3 Å². The van der Waals surface area contributed by atoms with E-state index < -0.39 is 0 Å². The van der Waals surface area contributed by atoms with E-state index in [9.17, 15) is 0 Å². The van der Waals surface area contributed by atoms with E-state index in [0.29, 0.717) is 19.1 Å². The van der Waals surface area contributed by atoms with E-state index >= 15 is 0 Å². The fourth-order valence-electron chi connectivity index (χ4n) is 4.09. The summed E-state index contributed by atoms with van der Waals surface area (Å²) in [6.45, 7) is 10.6. The van der Waals surface area contributed by atoms with Crippen LogP contribution in [0.4, 0.5) is 0 Å². The Balaban J connectivity index is 0.00000341. The first-order valence-electron chi connectivity index (χ1n) is 11.2. The molecule has 1 N–H and O–H groups in total. The minimum atomic E-state index is 0. The number of piperazine rings is 1. The van der Waals surface area contributed by atoms with Crippen molar-refractivity contribution in [3.05, 3.63) is 35.4 Å². The number of methoxy groups -OCH3 is 1. The van der Waals surface area contributed by atoms with Gasteiger partial charge in [-0.2, -0.15) is 0 Å². The predicted molar refractivity (Wildman–Crippen MR) is 137 cm³/mol. The maximum atomic E-state index is 5.70. The van der Waals surface area contributed by atoms with Crippen molar-refractivity contribution in [3.8, 4) is 0 Å². The van der Waals surface area contributed by atoms with Crippen molar-refractivity contribution in [1.82, 2.24) is 20.0 Å².